The fourth-order valence-corrected chi connectivity index (χ4v) is 1.53. The van der Waals surface area contributed by atoms with Crippen LogP contribution in [0.5, 0.6) is 0 Å². The SMILES string of the molecule is CSCCCCNCCC(=O)N(C)C. The normalized spacial score (nSPS) is 10.2. The van der Waals surface area contributed by atoms with Gasteiger partial charge in [-0.15, -0.1) is 0 Å². The highest BCUT2D eigenvalue weighted by Crippen LogP contribution is 1.97. The Morgan fingerprint density at radius 1 is 1.29 bits per heavy atom. The number of rotatable bonds is 8. The molecule has 0 saturated heterocycles. The lowest BCUT2D eigenvalue weighted by Gasteiger charge is -2.10. The molecule has 0 saturated carbocycles. The van der Waals surface area contributed by atoms with E-state index >= 15 is 0 Å². The van der Waals surface area contributed by atoms with Gasteiger partial charge in [0.25, 0.3) is 0 Å². The van der Waals surface area contributed by atoms with Gasteiger partial charge in [0, 0.05) is 27.1 Å². The van der Waals surface area contributed by atoms with Crippen molar-refractivity contribution in [3.05, 3.63) is 0 Å². The lowest BCUT2D eigenvalue weighted by Crippen LogP contribution is -2.27. The zero-order valence-electron chi connectivity index (χ0n) is 9.51. The quantitative estimate of drug-likeness (QED) is 0.621. The molecule has 0 atom stereocenters. The number of thioether (sulfide) groups is 1. The highest BCUT2D eigenvalue weighted by molar-refractivity contribution is 7.98. The molecule has 14 heavy (non-hydrogen) atoms. The van der Waals surface area contributed by atoms with Crippen molar-refractivity contribution in [2.45, 2.75) is 19.3 Å². The Balaban J connectivity index is 3.10. The summed E-state index contributed by atoms with van der Waals surface area (Å²) in [7, 11) is 3.58. The summed E-state index contributed by atoms with van der Waals surface area (Å²) in [6.07, 6.45) is 5.20. The van der Waals surface area contributed by atoms with Crippen molar-refractivity contribution >= 4 is 17.7 Å². The molecular formula is C10H22N2OS. The second-order valence-electron chi connectivity index (χ2n) is 3.49. The number of carbonyl (C=O) groups is 1. The predicted octanol–water partition coefficient (Wildman–Crippen LogP) is 1.20. The fraction of sp³-hybridized carbons (Fsp3) is 0.900. The van der Waals surface area contributed by atoms with Crippen LogP contribution >= 0.6 is 11.8 Å². The summed E-state index contributed by atoms with van der Waals surface area (Å²) in [4.78, 5) is 12.8. The van der Waals surface area contributed by atoms with Gasteiger partial charge in [-0.2, -0.15) is 11.8 Å². The smallest absolute Gasteiger partial charge is 0.223 e. The Morgan fingerprint density at radius 2 is 2.00 bits per heavy atom. The van der Waals surface area contributed by atoms with Crippen LogP contribution in [0.3, 0.4) is 0 Å². The molecule has 0 fully saturated rings. The van der Waals surface area contributed by atoms with Gasteiger partial charge in [-0.05, 0) is 31.4 Å². The molecule has 0 aromatic heterocycles. The van der Waals surface area contributed by atoms with E-state index in [9.17, 15) is 4.79 Å². The second-order valence-corrected chi connectivity index (χ2v) is 4.47. The molecule has 1 N–H and O–H groups in total. The maximum Gasteiger partial charge on any atom is 0.223 e. The minimum absolute atomic E-state index is 0.196. The van der Waals surface area contributed by atoms with E-state index in [0.717, 1.165) is 13.1 Å². The lowest BCUT2D eigenvalue weighted by atomic mass is 10.3. The van der Waals surface area contributed by atoms with Gasteiger partial charge in [-0.25, -0.2) is 0 Å². The first-order chi connectivity index (χ1) is 6.68. The Morgan fingerprint density at radius 3 is 2.57 bits per heavy atom. The van der Waals surface area contributed by atoms with Crippen molar-refractivity contribution < 1.29 is 4.79 Å². The van der Waals surface area contributed by atoms with Gasteiger partial charge in [-0.3, -0.25) is 4.79 Å². The van der Waals surface area contributed by atoms with Crippen LogP contribution in [-0.2, 0) is 4.79 Å². The predicted molar refractivity (Wildman–Crippen MR) is 63.8 cm³/mol. The molecule has 0 bridgehead atoms. The van der Waals surface area contributed by atoms with Crippen LogP contribution in [0, 0.1) is 0 Å². The zero-order chi connectivity index (χ0) is 10.8. The molecule has 0 aliphatic rings. The van der Waals surface area contributed by atoms with Gasteiger partial charge in [0.1, 0.15) is 0 Å². The van der Waals surface area contributed by atoms with E-state index in [0.29, 0.717) is 6.42 Å². The minimum atomic E-state index is 0.196. The van der Waals surface area contributed by atoms with Crippen molar-refractivity contribution in [2.75, 3.05) is 39.2 Å². The molecule has 0 aliphatic carbocycles. The molecule has 0 aliphatic heterocycles. The molecule has 0 heterocycles. The molecule has 0 aromatic rings. The monoisotopic (exact) mass is 218 g/mol. The van der Waals surface area contributed by atoms with Crippen molar-refractivity contribution in [2.24, 2.45) is 0 Å². The van der Waals surface area contributed by atoms with Crippen LogP contribution in [0.1, 0.15) is 19.3 Å². The maximum atomic E-state index is 11.2. The van der Waals surface area contributed by atoms with E-state index < -0.39 is 0 Å². The Kier molecular flexibility index (Phi) is 9.19. The topological polar surface area (TPSA) is 32.3 Å². The first-order valence-electron chi connectivity index (χ1n) is 5.08. The second kappa shape index (κ2) is 9.34. The average Bonchev–Trinajstić information content (AvgIpc) is 2.16. The third-order valence-corrected chi connectivity index (χ3v) is 2.66. The molecule has 0 rings (SSSR count). The van der Waals surface area contributed by atoms with Gasteiger partial charge >= 0.3 is 0 Å². The number of hydrogen-bond donors (Lipinski definition) is 1. The maximum absolute atomic E-state index is 11.2. The fourth-order valence-electron chi connectivity index (χ4n) is 1.04. The molecule has 84 valence electrons. The Hall–Kier alpha value is -0.220. The molecule has 3 nitrogen and oxygen atoms in total. The van der Waals surface area contributed by atoms with Gasteiger partial charge in [-0.1, -0.05) is 0 Å². The molecule has 0 radical (unpaired) electrons. The molecule has 4 heteroatoms. The van der Waals surface area contributed by atoms with Crippen LogP contribution in [0.15, 0.2) is 0 Å². The van der Waals surface area contributed by atoms with E-state index in [1.54, 1.807) is 19.0 Å². The number of amides is 1. The largest absolute Gasteiger partial charge is 0.349 e. The summed E-state index contributed by atoms with van der Waals surface area (Å²) in [5.74, 6) is 1.43. The van der Waals surface area contributed by atoms with Crippen LogP contribution in [0.2, 0.25) is 0 Å². The first-order valence-corrected chi connectivity index (χ1v) is 6.47. The molecule has 0 aromatic carbocycles. The molecular weight excluding hydrogens is 196 g/mol. The highest BCUT2D eigenvalue weighted by Gasteiger charge is 2.01. The van der Waals surface area contributed by atoms with E-state index in [1.807, 2.05) is 11.8 Å². The summed E-state index contributed by atoms with van der Waals surface area (Å²) >= 11 is 1.89. The van der Waals surface area contributed by atoms with Gasteiger partial charge < -0.3 is 10.2 Å². The molecule has 0 unspecified atom stereocenters. The van der Waals surface area contributed by atoms with E-state index in [2.05, 4.69) is 11.6 Å². The van der Waals surface area contributed by atoms with E-state index in [-0.39, 0.29) is 5.91 Å². The van der Waals surface area contributed by atoms with Crippen LogP contribution in [-0.4, -0.2) is 50.0 Å². The lowest BCUT2D eigenvalue weighted by molar-refractivity contribution is -0.128. The number of unbranched alkanes of at least 4 members (excludes halogenated alkanes) is 1. The first kappa shape index (κ1) is 13.8. The Bertz CT molecular complexity index is 151. The van der Waals surface area contributed by atoms with Gasteiger partial charge in [0.2, 0.25) is 5.91 Å². The average molecular weight is 218 g/mol. The third kappa shape index (κ3) is 8.38. The number of hydrogen-bond acceptors (Lipinski definition) is 3. The summed E-state index contributed by atoms with van der Waals surface area (Å²) < 4.78 is 0. The van der Waals surface area contributed by atoms with Crippen molar-refractivity contribution in [1.82, 2.24) is 10.2 Å². The van der Waals surface area contributed by atoms with Crippen molar-refractivity contribution in [3.63, 3.8) is 0 Å². The van der Waals surface area contributed by atoms with Crippen LogP contribution in [0.4, 0.5) is 0 Å². The van der Waals surface area contributed by atoms with Gasteiger partial charge in [0.05, 0.1) is 0 Å². The number of nitrogens with zero attached hydrogens (tertiary/aromatic N) is 1. The van der Waals surface area contributed by atoms with Crippen LogP contribution in [0.25, 0.3) is 0 Å². The summed E-state index contributed by atoms with van der Waals surface area (Å²) in [5, 5.41) is 3.27. The standard InChI is InChI=1S/C10H22N2OS/c1-12(2)10(13)6-8-11-7-4-5-9-14-3/h11H,4-9H2,1-3H3. The summed E-state index contributed by atoms with van der Waals surface area (Å²) in [6, 6.07) is 0. The van der Waals surface area contributed by atoms with E-state index in [1.165, 1.54) is 18.6 Å². The minimum Gasteiger partial charge on any atom is -0.349 e. The van der Waals surface area contributed by atoms with Gasteiger partial charge in [0.15, 0.2) is 0 Å². The summed E-state index contributed by atoms with van der Waals surface area (Å²) in [5.41, 5.74) is 0. The highest BCUT2D eigenvalue weighted by atomic mass is 32.2. The summed E-state index contributed by atoms with van der Waals surface area (Å²) in [6.45, 7) is 1.83. The van der Waals surface area contributed by atoms with Crippen LogP contribution < -0.4 is 5.32 Å². The number of nitrogens with one attached hydrogen (secondary N) is 1. The zero-order valence-corrected chi connectivity index (χ0v) is 10.3. The molecule has 0 spiro atoms. The number of carbonyl (C=O) groups excluding carboxylic acids is 1. The molecule has 1 amide bonds. The van der Waals surface area contributed by atoms with E-state index in [4.69, 9.17) is 0 Å². The van der Waals surface area contributed by atoms with Crippen molar-refractivity contribution in [1.29, 1.82) is 0 Å². The Labute approximate surface area is 91.6 Å². The van der Waals surface area contributed by atoms with Crippen molar-refractivity contribution in [3.8, 4) is 0 Å². The third-order valence-electron chi connectivity index (χ3n) is 1.97.